The third kappa shape index (κ3) is 2.82. The standard InChI is InChI=1S/C10H9ClN6S/c11-5-1-3-6(4-2-5)16-17-7-8(12)14-10(13)15-9(7)18/h1-4H,(H5,12,13,14,15,18). The Kier molecular flexibility index (Phi) is 3.54. The van der Waals surface area contributed by atoms with Crippen molar-refractivity contribution in [2.45, 2.75) is 0 Å². The highest BCUT2D eigenvalue weighted by atomic mass is 35.5. The van der Waals surface area contributed by atoms with Crippen molar-refractivity contribution in [1.82, 2.24) is 9.97 Å². The number of rotatable bonds is 2. The maximum atomic E-state index is 5.76. The topological polar surface area (TPSA) is 105 Å². The molecule has 1 heterocycles. The monoisotopic (exact) mass is 280 g/mol. The number of nitrogens with zero attached hydrogens (tertiary/aromatic N) is 3. The normalized spacial score (nSPS) is 10.9. The molecular formula is C10H9ClN6S. The molecular weight excluding hydrogens is 272 g/mol. The lowest BCUT2D eigenvalue weighted by Gasteiger charge is -2.00. The van der Waals surface area contributed by atoms with Gasteiger partial charge >= 0.3 is 0 Å². The van der Waals surface area contributed by atoms with Gasteiger partial charge < -0.3 is 16.5 Å². The van der Waals surface area contributed by atoms with Crippen LogP contribution in [0.3, 0.4) is 0 Å². The van der Waals surface area contributed by atoms with Gasteiger partial charge in [-0.3, -0.25) is 0 Å². The summed E-state index contributed by atoms with van der Waals surface area (Å²) in [6.07, 6.45) is 0. The number of nitrogens with two attached hydrogens (primary N) is 2. The van der Waals surface area contributed by atoms with E-state index >= 15 is 0 Å². The second-order valence-electron chi connectivity index (χ2n) is 3.37. The van der Waals surface area contributed by atoms with Gasteiger partial charge in [-0.2, -0.15) is 5.11 Å². The van der Waals surface area contributed by atoms with Crippen LogP contribution < -0.4 is 11.5 Å². The van der Waals surface area contributed by atoms with Gasteiger partial charge in [0.25, 0.3) is 0 Å². The number of benzene rings is 1. The Morgan fingerprint density at radius 3 is 2.44 bits per heavy atom. The molecule has 1 aromatic heterocycles. The minimum atomic E-state index is 0.142. The summed E-state index contributed by atoms with van der Waals surface area (Å²) >= 11 is 10.8. The van der Waals surface area contributed by atoms with E-state index in [1.54, 1.807) is 24.3 Å². The quantitative estimate of drug-likeness (QED) is 0.579. The molecule has 0 spiro atoms. The second-order valence-corrected chi connectivity index (χ2v) is 4.19. The van der Waals surface area contributed by atoms with Crippen LogP contribution in [0.5, 0.6) is 0 Å². The maximum Gasteiger partial charge on any atom is 0.200 e. The Morgan fingerprint density at radius 2 is 1.83 bits per heavy atom. The van der Waals surface area contributed by atoms with E-state index in [1.807, 2.05) is 0 Å². The molecule has 6 nitrogen and oxygen atoms in total. The highest BCUT2D eigenvalue weighted by Gasteiger charge is 2.03. The van der Waals surface area contributed by atoms with Crippen molar-refractivity contribution in [2.75, 3.05) is 11.5 Å². The zero-order chi connectivity index (χ0) is 13.1. The van der Waals surface area contributed by atoms with Gasteiger partial charge in [-0.05, 0) is 24.3 Å². The number of aromatic nitrogens is 2. The fourth-order valence-corrected chi connectivity index (χ4v) is 1.59. The van der Waals surface area contributed by atoms with Gasteiger partial charge in [0.05, 0.1) is 5.69 Å². The van der Waals surface area contributed by atoms with Crippen LogP contribution >= 0.6 is 23.8 Å². The van der Waals surface area contributed by atoms with Crippen LogP contribution in [0.4, 0.5) is 23.1 Å². The van der Waals surface area contributed by atoms with E-state index in [1.165, 1.54) is 0 Å². The molecule has 0 atom stereocenters. The SMILES string of the molecule is Nc1nc(=S)c(N=Nc2ccc(Cl)cc2)c(N)[nH]1. The van der Waals surface area contributed by atoms with Crippen LogP contribution in [0.25, 0.3) is 0 Å². The number of nitrogens with one attached hydrogen (secondary N) is 1. The van der Waals surface area contributed by atoms with E-state index in [2.05, 4.69) is 20.2 Å². The molecule has 8 heteroatoms. The number of hydrogen-bond acceptors (Lipinski definition) is 6. The molecule has 0 aliphatic rings. The van der Waals surface area contributed by atoms with Crippen molar-refractivity contribution in [3.05, 3.63) is 33.9 Å². The summed E-state index contributed by atoms with van der Waals surface area (Å²) in [6.45, 7) is 0. The lowest BCUT2D eigenvalue weighted by Crippen LogP contribution is -1.99. The van der Waals surface area contributed by atoms with Crippen LogP contribution in [0.15, 0.2) is 34.5 Å². The molecule has 1 aromatic carbocycles. The van der Waals surface area contributed by atoms with Gasteiger partial charge in [0.15, 0.2) is 16.3 Å². The van der Waals surface area contributed by atoms with Crippen molar-refractivity contribution in [2.24, 2.45) is 10.2 Å². The molecule has 5 N–H and O–H groups in total. The van der Waals surface area contributed by atoms with E-state index in [0.717, 1.165) is 0 Å². The molecule has 18 heavy (non-hydrogen) atoms. The van der Waals surface area contributed by atoms with Gasteiger partial charge in [-0.1, -0.05) is 23.8 Å². The zero-order valence-corrected chi connectivity index (χ0v) is 10.7. The Hall–Kier alpha value is -1.99. The van der Waals surface area contributed by atoms with Crippen LogP contribution in [0, 0.1) is 4.64 Å². The Labute approximate surface area is 113 Å². The lowest BCUT2D eigenvalue weighted by atomic mass is 10.3. The first kappa shape index (κ1) is 12.5. The number of anilines is 2. The van der Waals surface area contributed by atoms with E-state index in [-0.39, 0.29) is 22.1 Å². The summed E-state index contributed by atoms with van der Waals surface area (Å²) < 4.78 is 0.196. The largest absolute Gasteiger partial charge is 0.383 e. The van der Waals surface area contributed by atoms with Crippen LogP contribution in [-0.4, -0.2) is 9.97 Å². The van der Waals surface area contributed by atoms with Gasteiger partial charge in [0.2, 0.25) is 0 Å². The maximum absolute atomic E-state index is 5.76. The lowest BCUT2D eigenvalue weighted by molar-refractivity contribution is 1.13. The van der Waals surface area contributed by atoms with Crippen LogP contribution in [0.2, 0.25) is 5.02 Å². The molecule has 0 fully saturated rings. The molecule has 0 aliphatic heterocycles. The van der Waals surface area contributed by atoms with Crippen LogP contribution in [-0.2, 0) is 0 Å². The van der Waals surface area contributed by atoms with Crippen molar-refractivity contribution < 1.29 is 0 Å². The van der Waals surface area contributed by atoms with Gasteiger partial charge in [-0.15, -0.1) is 5.11 Å². The van der Waals surface area contributed by atoms with Gasteiger partial charge in [0.1, 0.15) is 5.82 Å². The Bertz CT molecular complexity index is 648. The van der Waals surface area contributed by atoms with Crippen LogP contribution in [0.1, 0.15) is 0 Å². The summed E-state index contributed by atoms with van der Waals surface area (Å²) in [6, 6.07) is 6.86. The number of aromatic amines is 1. The van der Waals surface area contributed by atoms with E-state index < -0.39 is 0 Å². The fourth-order valence-electron chi connectivity index (χ4n) is 1.21. The minimum absolute atomic E-state index is 0.142. The fraction of sp³-hybridized carbons (Fsp3) is 0. The van der Waals surface area contributed by atoms with Crippen molar-refractivity contribution >= 4 is 47.0 Å². The summed E-state index contributed by atoms with van der Waals surface area (Å²) in [5, 5.41) is 8.56. The molecule has 2 aromatic rings. The van der Waals surface area contributed by atoms with Crippen molar-refractivity contribution in [3.63, 3.8) is 0 Å². The molecule has 92 valence electrons. The van der Waals surface area contributed by atoms with E-state index in [9.17, 15) is 0 Å². The minimum Gasteiger partial charge on any atom is -0.383 e. The smallest absolute Gasteiger partial charge is 0.200 e. The molecule has 2 rings (SSSR count). The highest BCUT2D eigenvalue weighted by molar-refractivity contribution is 7.71. The molecule has 0 radical (unpaired) electrons. The zero-order valence-electron chi connectivity index (χ0n) is 9.09. The van der Waals surface area contributed by atoms with Crippen molar-refractivity contribution in [1.29, 1.82) is 0 Å². The molecule has 0 amide bonds. The number of H-pyrrole nitrogens is 1. The first-order chi connectivity index (χ1) is 8.56. The molecule has 0 aliphatic carbocycles. The summed E-state index contributed by atoms with van der Waals surface area (Å²) in [7, 11) is 0. The predicted octanol–water partition coefficient (Wildman–Crippen LogP) is 3.37. The second kappa shape index (κ2) is 5.11. The third-order valence-corrected chi connectivity index (χ3v) is 2.57. The number of azo groups is 1. The first-order valence-electron chi connectivity index (χ1n) is 4.89. The Balaban J connectivity index is 2.35. The van der Waals surface area contributed by atoms with E-state index in [0.29, 0.717) is 10.7 Å². The molecule has 0 unspecified atom stereocenters. The molecule has 0 bridgehead atoms. The number of hydrogen-bond donors (Lipinski definition) is 3. The van der Waals surface area contributed by atoms with Gasteiger partial charge in [0, 0.05) is 5.02 Å². The van der Waals surface area contributed by atoms with E-state index in [4.69, 9.17) is 35.3 Å². The molecule has 0 saturated heterocycles. The summed E-state index contributed by atoms with van der Waals surface area (Å²) in [5.41, 5.74) is 12.1. The number of halogens is 1. The molecule has 0 saturated carbocycles. The average molecular weight is 281 g/mol. The Morgan fingerprint density at radius 1 is 1.17 bits per heavy atom. The predicted molar refractivity (Wildman–Crippen MR) is 73.9 cm³/mol. The summed E-state index contributed by atoms with van der Waals surface area (Å²) in [4.78, 5) is 6.47. The average Bonchev–Trinajstić information content (AvgIpc) is 2.30. The third-order valence-electron chi connectivity index (χ3n) is 2.03. The first-order valence-corrected chi connectivity index (χ1v) is 5.67. The highest BCUT2D eigenvalue weighted by Crippen LogP contribution is 2.24. The van der Waals surface area contributed by atoms with Crippen molar-refractivity contribution in [3.8, 4) is 0 Å². The summed E-state index contributed by atoms with van der Waals surface area (Å²) in [5.74, 6) is 0.369. The number of nitrogen functional groups attached to an aromatic ring is 2. The van der Waals surface area contributed by atoms with Gasteiger partial charge in [-0.25, -0.2) is 4.98 Å².